The van der Waals surface area contributed by atoms with Gasteiger partial charge in [-0.25, -0.2) is 13.2 Å². The van der Waals surface area contributed by atoms with Crippen LogP contribution in [-0.4, -0.2) is 41.2 Å². The summed E-state index contributed by atoms with van der Waals surface area (Å²) < 4.78 is 42.3. The van der Waals surface area contributed by atoms with Gasteiger partial charge in [-0.15, -0.1) is 0 Å². The first-order valence-electron chi connectivity index (χ1n) is 9.86. The van der Waals surface area contributed by atoms with Crippen LogP contribution in [0.3, 0.4) is 0 Å². The summed E-state index contributed by atoms with van der Waals surface area (Å²) >= 11 is 0. The van der Waals surface area contributed by atoms with Gasteiger partial charge in [0.2, 0.25) is 0 Å². The second kappa shape index (κ2) is 12.0. The Morgan fingerprint density at radius 3 is 2.29 bits per heavy atom. The third-order valence-electron chi connectivity index (χ3n) is 4.23. The molecule has 0 aliphatic heterocycles. The standard InChI is InChI=1S/C20H23F3N2O.C3H7NO/c1-5-25(11-12(2)3)20(26)14-7-8-15(21)18(23)19(14)24-17-9-6-13(4)10-16(17)22;1-3-4(2)5/h6-10,12,24H,5,11H2,1-4H3;3,5H,1H2,2H3. The fraction of sp³-hybridized carbons (Fsp3) is 0.348. The molecular weight excluding hydrogens is 407 g/mol. The maximum Gasteiger partial charge on any atom is 0.256 e. The Morgan fingerprint density at radius 1 is 1.19 bits per heavy atom. The minimum atomic E-state index is -1.21. The van der Waals surface area contributed by atoms with Crippen molar-refractivity contribution in [1.82, 2.24) is 9.96 Å². The molecule has 0 aromatic heterocycles. The first-order valence-corrected chi connectivity index (χ1v) is 9.86. The van der Waals surface area contributed by atoms with Gasteiger partial charge in [0.05, 0.1) is 16.9 Å². The molecule has 1 amide bonds. The number of aryl methyl sites for hydroxylation is 1. The Morgan fingerprint density at radius 2 is 1.81 bits per heavy atom. The molecular formula is C23H30F3N3O2. The molecule has 2 aromatic carbocycles. The SMILES string of the molecule is C=CN(C)O.CCN(CC(C)C)C(=O)c1ccc(F)c(F)c1Nc1ccc(C)cc1F. The maximum atomic E-state index is 14.4. The Hall–Kier alpha value is -3.00. The van der Waals surface area contributed by atoms with Gasteiger partial charge >= 0.3 is 0 Å². The van der Waals surface area contributed by atoms with E-state index in [1.54, 1.807) is 17.9 Å². The Bertz CT molecular complexity index is 902. The molecule has 31 heavy (non-hydrogen) atoms. The molecule has 2 N–H and O–H groups in total. The van der Waals surface area contributed by atoms with Crippen LogP contribution in [0.2, 0.25) is 0 Å². The minimum Gasteiger partial charge on any atom is -0.350 e. The molecule has 5 nitrogen and oxygen atoms in total. The van der Waals surface area contributed by atoms with Crippen LogP contribution >= 0.6 is 0 Å². The van der Waals surface area contributed by atoms with Crippen LogP contribution in [0, 0.1) is 30.3 Å². The smallest absolute Gasteiger partial charge is 0.256 e. The normalized spacial score (nSPS) is 10.3. The summed E-state index contributed by atoms with van der Waals surface area (Å²) in [4.78, 5) is 14.4. The van der Waals surface area contributed by atoms with Crippen LogP contribution < -0.4 is 5.32 Å². The van der Waals surface area contributed by atoms with Crippen molar-refractivity contribution in [3.8, 4) is 0 Å². The summed E-state index contributed by atoms with van der Waals surface area (Å²) in [6, 6.07) is 6.47. The predicted octanol–water partition coefficient (Wildman–Crippen LogP) is 5.72. The molecule has 8 heteroatoms. The number of carbonyl (C=O) groups is 1. The summed E-state index contributed by atoms with van der Waals surface area (Å²) in [7, 11) is 1.49. The number of nitrogens with one attached hydrogen (secondary N) is 1. The zero-order valence-corrected chi connectivity index (χ0v) is 18.5. The van der Waals surface area contributed by atoms with E-state index in [4.69, 9.17) is 5.21 Å². The van der Waals surface area contributed by atoms with Crippen molar-refractivity contribution < 1.29 is 23.2 Å². The highest BCUT2D eigenvalue weighted by Crippen LogP contribution is 2.29. The molecule has 0 atom stereocenters. The Labute approximate surface area is 181 Å². The van der Waals surface area contributed by atoms with Crippen LogP contribution in [0.4, 0.5) is 24.5 Å². The van der Waals surface area contributed by atoms with E-state index in [9.17, 15) is 18.0 Å². The van der Waals surface area contributed by atoms with E-state index in [0.717, 1.165) is 11.1 Å². The van der Waals surface area contributed by atoms with E-state index in [2.05, 4.69) is 11.9 Å². The first-order chi connectivity index (χ1) is 14.5. The van der Waals surface area contributed by atoms with Gasteiger partial charge in [0.1, 0.15) is 5.82 Å². The van der Waals surface area contributed by atoms with Gasteiger partial charge in [-0.1, -0.05) is 26.5 Å². The first kappa shape index (κ1) is 26.0. The maximum absolute atomic E-state index is 14.4. The molecule has 2 aromatic rings. The highest BCUT2D eigenvalue weighted by molar-refractivity contribution is 6.00. The highest BCUT2D eigenvalue weighted by Gasteiger charge is 2.23. The summed E-state index contributed by atoms with van der Waals surface area (Å²) in [6.07, 6.45) is 1.31. The van der Waals surface area contributed by atoms with E-state index in [-0.39, 0.29) is 22.9 Å². The average Bonchev–Trinajstić information content (AvgIpc) is 2.71. The third kappa shape index (κ3) is 7.64. The van der Waals surface area contributed by atoms with Gasteiger partial charge < -0.3 is 10.2 Å². The van der Waals surface area contributed by atoms with Gasteiger partial charge in [-0.3, -0.25) is 15.1 Å². The predicted molar refractivity (Wildman–Crippen MR) is 117 cm³/mol. The van der Waals surface area contributed by atoms with Crippen LogP contribution in [0.5, 0.6) is 0 Å². The molecule has 0 fully saturated rings. The Kier molecular flexibility index (Phi) is 10.1. The van der Waals surface area contributed by atoms with E-state index in [0.29, 0.717) is 18.7 Å². The van der Waals surface area contributed by atoms with Crippen molar-refractivity contribution in [1.29, 1.82) is 0 Å². The van der Waals surface area contributed by atoms with Crippen LogP contribution in [-0.2, 0) is 0 Å². The molecule has 0 aliphatic rings. The van der Waals surface area contributed by atoms with Crippen molar-refractivity contribution in [2.45, 2.75) is 27.7 Å². The number of carbonyl (C=O) groups excluding carboxylic acids is 1. The van der Waals surface area contributed by atoms with E-state index < -0.39 is 23.4 Å². The van der Waals surface area contributed by atoms with Crippen molar-refractivity contribution in [3.63, 3.8) is 0 Å². The average molecular weight is 438 g/mol. The molecule has 0 bridgehead atoms. The van der Waals surface area contributed by atoms with Crippen molar-refractivity contribution >= 4 is 17.3 Å². The number of hydrogen-bond acceptors (Lipinski definition) is 4. The minimum absolute atomic E-state index is 0.0268. The molecule has 0 unspecified atom stereocenters. The van der Waals surface area contributed by atoms with Gasteiger partial charge in [0.15, 0.2) is 11.6 Å². The topological polar surface area (TPSA) is 55.8 Å². The van der Waals surface area contributed by atoms with Gasteiger partial charge in [-0.05, 0) is 49.6 Å². The lowest BCUT2D eigenvalue weighted by atomic mass is 10.1. The summed E-state index contributed by atoms with van der Waals surface area (Å²) in [6.45, 7) is 11.6. The number of nitrogens with zero attached hydrogens (tertiary/aromatic N) is 2. The highest BCUT2D eigenvalue weighted by atomic mass is 19.2. The summed E-state index contributed by atoms with van der Waals surface area (Å²) in [5, 5.41) is 11.5. The third-order valence-corrected chi connectivity index (χ3v) is 4.23. The number of rotatable bonds is 7. The van der Waals surface area contributed by atoms with Crippen molar-refractivity contribution in [3.05, 3.63) is 71.7 Å². The van der Waals surface area contributed by atoms with Gasteiger partial charge in [0, 0.05) is 26.3 Å². The van der Waals surface area contributed by atoms with E-state index in [1.807, 2.05) is 20.8 Å². The van der Waals surface area contributed by atoms with Crippen LogP contribution in [0.25, 0.3) is 0 Å². The van der Waals surface area contributed by atoms with Crippen LogP contribution in [0.15, 0.2) is 43.1 Å². The zero-order chi connectivity index (χ0) is 23.7. The number of hydroxylamine groups is 2. The largest absolute Gasteiger partial charge is 0.350 e. The fourth-order valence-corrected chi connectivity index (χ4v) is 2.67. The van der Waals surface area contributed by atoms with Crippen molar-refractivity contribution in [2.75, 3.05) is 25.5 Å². The van der Waals surface area contributed by atoms with Crippen molar-refractivity contribution in [2.24, 2.45) is 5.92 Å². The fourth-order valence-electron chi connectivity index (χ4n) is 2.67. The molecule has 0 heterocycles. The molecule has 0 spiro atoms. The molecule has 170 valence electrons. The molecule has 0 aliphatic carbocycles. The number of hydrogen-bond donors (Lipinski definition) is 2. The number of amides is 1. The van der Waals surface area contributed by atoms with Crippen LogP contribution in [0.1, 0.15) is 36.7 Å². The Balaban J connectivity index is 0.000000861. The molecule has 0 saturated heterocycles. The summed E-state index contributed by atoms with van der Waals surface area (Å²) in [5.41, 5.74) is 0.269. The molecule has 2 rings (SSSR count). The van der Waals surface area contributed by atoms with Gasteiger partial charge in [-0.2, -0.15) is 0 Å². The number of benzene rings is 2. The molecule has 0 saturated carbocycles. The second-order valence-electron chi connectivity index (χ2n) is 7.39. The van der Waals surface area contributed by atoms with Gasteiger partial charge in [0.25, 0.3) is 5.91 Å². The van der Waals surface area contributed by atoms with E-state index in [1.165, 1.54) is 31.4 Å². The number of halogens is 3. The quantitative estimate of drug-likeness (QED) is 0.544. The lowest BCUT2D eigenvalue weighted by Crippen LogP contribution is -2.34. The zero-order valence-electron chi connectivity index (χ0n) is 18.5. The monoisotopic (exact) mass is 437 g/mol. The lowest BCUT2D eigenvalue weighted by molar-refractivity contribution is -0.0124. The lowest BCUT2D eigenvalue weighted by Gasteiger charge is -2.24. The molecule has 0 radical (unpaired) electrons. The summed E-state index contributed by atoms with van der Waals surface area (Å²) in [5.74, 6) is -3.15. The van der Waals surface area contributed by atoms with E-state index >= 15 is 0 Å². The second-order valence-corrected chi connectivity index (χ2v) is 7.39. The number of anilines is 2.